The van der Waals surface area contributed by atoms with Crippen LogP contribution in [0.5, 0.6) is 0 Å². The maximum absolute atomic E-state index is 11.0. The van der Waals surface area contributed by atoms with Gasteiger partial charge in [-0.2, -0.15) is 0 Å². The first kappa shape index (κ1) is 8.14. The van der Waals surface area contributed by atoms with Crippen molar-refractivity contribution in [2.24, 2.45) is 0 Å². The van der Waals surface area contributed by atoms with E-state index in [-0.39, 0.29) is 5.91 Å². The number of thioether (sulfide) groups is 1. The molecule has 58 valence electrons. The van der Waals surface area contributed by atoms with Crippen molar-refractivity contribution in [2.45, 2.75) is 0 Å². The molecule has 2 nitrogen and oxygen atoms in total. The van der Waals surface area contributed by atoms with Crippen molar-refractivity contribution in [1.82, 2.24) is 5.32 Å². The van der Waals surface area contributed by atoms with E-state index in [0.29, 0.717) is 6.54 Å². The second-order valence-electron chi connectivity index (χ2n) is 2.03. The third kappa shape index (κ3) is 1.54. The molecule has 0 saturated carbocycles. The summed E-state index contributed by atoms with van der Waals surface area (Å²) < 4.78 is 0. The average Bonchev–Trinajstić information content (AvgIpc) is 2.34. The Morgan fingerprint density at radius 3 is 2.82 bits per heavy atom. The molecule has 11 heavy (non-hydrogen) atoms. The fourth-order valence-electron chi connectivity index (χ4n) is 0.859. The first-order chi connectivity index (χ1) is 5.29. The van der Waals surface area contributed by atoms with Gasteiger partial charge >= 0.3 is 0 Å². The van der Waals surface area contributed by atoms with Gasteiger partial charge in [-0.1, -0.05) is 31.0 Å². The van der Waals surface area contributed by atoms with Crippen molar-refractivity contribution >= 4 is 17.7 Å². The van der Waals surface area contributed by atoms with Crippen molar-refractivity contribution in [2.75, 3.05) is 6.54 Å². The minimum Gasteiger partial charge on any atom is -0.347 e. The first-order valence-electron chi connectivity index (χ1n) is 3.21. The van der Waals surface area contributed by atoms with Crippen LogP contribution in [0, 0.1) is 0 Å². The smallest absolute Gasteiger partial charge is 0.258 e. The number of hydrogen-bond donors (Lipinski definition) is 1. The van der Waals surface area contributed by atoms with E-state index in [0.717, 1.165) is 10.5 Å². The summed E-state index contributed by atoms with van der Waals surface area (Å²) in [7, 11) is 0. The Morgan fingerprint density at radius 2 is 2.27 bits per heavy atom. The van der Waals surface area contributed by atoms with E-state index in [1.54, 1.807) is 11.5 Å². The van der Waals surface area contributed by atoms with E-state index in [2.05, 4.69) is 18.5 Å². The van der Waals surface area contributed by atoms with E-state index < -0.39 is 0 Å². The zero-order valence-corrected chi connectivity index (χ0v) is 6.91. The SMILES string of the molecule is C=CSC1=C(C=C)CNC1=O. The molecule has 0 aromatic rings. The second-order valence-corrected chi connectivity index (χ2v) is 3.00. The van der Waals surface area contributed by atoms with E-state index in [9.17, 15) is 4.79 Å². The molecule has 0 aromatic carbocycles. The Morgan fingerprint density at radius 1 is 1.55 bits per heavy atom. The zero-order chi connectivity index (χ0) is 8.27. The molecule has 1 N–H and O–H groups in total. The molecular weight excluding hydrogens is 158 g/mol. The van der Waals surface area contributed by atoms with Crippen LogP contribution in [-0.2, 0) is 4.79 Å². The summed E-state index contributed by atoms with van der Waals surface area (Å²) >= 11 is 1.34. The number of carbonyl (C=O) groups is 1. The number of amides is 1. The molecule has 1 aliphatic rings. The van der Waals surface area contributed by atoms with E-state index in [1.165, 1.54) is 11.8 Å². The van der Waals surface area contributed by atoms with E-state index in [1.807, 2.05) is 0 Å². The molecule has 0 fully saturated rings. The maximum Gasteiger partial charge on any atom is 0.258 e. The monoisotopic (exact) mass is 167 g/mol. The Balaban J connectivity index is 2.88. The first-order valence-corrected chi connectivity index (χ1v) is 4.09. The average molecular weight is 167 g/mol. The van der Waals surface area contributed by atoms with Gasteiger partial charge in [0.2, 0.25) is 0 Å². The summed E-state index contributed by atoms with van der Waals surface area (Å²) in [4.78, 5) is 11.8. The van der Waals surface area contributed by atoms with Gasteiger partial charge in [0.15, 0.2) is 0 Å². The molecule has 0 unspecified atom stereocenters. The number of nitrogens with one attached hydrogen (secondary N) is 1. The van der Waals surface area contributed by atoms with Gasteiger partial charge in [0.25, 0.3) is 5.91 Å². The molecular formula is C8H9NOS. The van der Waals surface area contributed by atoms with E-state index >= 15 is 0 Å². The highest BCUT2D eigenvalue weighted by Gasteiger charge is 2.19. The minimum absolute atomic E-state index is 0.0233. The van der Waals surface area contributed by atoms with Gasteiger partial charge in [-0.3, -0.25) is 4.79 Å². The lowest BCUT2D eigenvalue weighted by atomic mass is 10.3. The Labute approximate surface area is 70.1 Å². The van der Waals surface area contributed by atoms with Gasteiger partial charge in [-0.25, -0.2) is 0 Å². The summed E-state index contributed by atoms with van der Waals surface area (Å²) in [5.41, 5.74) is 0.958. The summed E-state index contributed by atoms with van der Waals surface area (Å²) in [6.45, 7) is 7.75. The summed E-state index contributed by atoms with van der Waals surface area (Å²) in [6, 6.07) is 0. The number of carbonyl (C=O) groups excluding carboxylic acids is 1. The fourth-order valence-corrected chi connectivity index (χ4v) is 1.51. The Hall–Kier alpha value is -0.960. The summed E-state index contributed by atoms with van der Waals surface area (Å²) in [5, 5.41) is 4.35. The highest BCUT2D eigenvalue weighted by atomic mass is 32.2. The lowest BCUT2D eigenvalue weighted by molar-refractivity contribution is -0.116. The van der Waals surface area contributed by atoms with Gasteiger partial charge in [0.05, 0.1) is 4.91 Å². The van der Waals surface area contributed by atoms with Crippen LogP contribution >= 0.6 is 11.8 Å². The maximum atomic E-state index is 11.0. The van der Waals surface area contributed by atoms with Crippen molar-refractivity contribution in [3.8, 4) is 0 Å². The summed E-state index contributed by atoms with van der Waals surface area (Å²) in [5.74, 6) is -0.0233. The number of hydrogen-bond acceptors (Lipinski definition) is 2. The Kier molecular flexibility index (Phi) is 2.54. The van der Waals surface area contributed by atoms with Gasteiger partial charge in [0.1, 0.15) is 0 Å². The fraction of sp³-hybridized carbons (Fsp3) is 0.125. The molecule has 1 rings (SSSR count). The number of rotatable bonds is 3. The molecule has 0 spiro atoms. The van der Waals surface area contributed by atoms with Crippen LogP contribution in [-0.4, -0.2) is 12.5 Å². The van der Waals surface area contributed by atoms with Crippen LogP contribution in [0.3, 0.4) is 0 Å². The highest BCUT2D eigenvalue weighted by molar-refractivity contribution is 8.06. The Bertz CT molecular complexity index is 242. The molecule has 1 amide bonds. The van der Waals surface area contributed by atoms with E-state index in [4.69, 9.17) is 0 Å². The van der Waals surface area contributed by atoms with Gasteiger partial charge in [-0.15, -0.1) is 0 Å². The highest BCUT2D eigenvalue weighted by Crippen LogP contribution is 2.24. The quantitative estimate of drug-likeness (QED) is 0.689. The second kappa shape index (κ2) is 3.44. The van der Waals surface area contributed by atoms with Gasteiger partial charge < -0.3 is 5.32 Å². The lowest BCUT2D eigenvalue weighted by Crippen LogP contribution is -2.16. The standard InChI is InChI=1S/C8H9NOS/c1-3-6-5-9-8(10)7(6)11-4-2/h3-4H,1-2,5H2,(H,9,10). The molecule has 0 atom stereocenters. The molecule has 1 heterocycles. The third-order valence-electron chi connectivity index (χ3n) is 1.38. The molecule has 0 radical (unpaired) electrons. The van der Waals surface area contributed by atoms with Crippen LogP contribution in [0.1, 0.15) is 0 Å². The lowest BCUT2D eigenvalue weighted by Gasteiger charge is -1.93. The normalized spacial score (nSPS) is 16.5. The third-order valence-corrected chi connectivity index (χ3v) is 2.23. The summed E-state index contributed by atoms with van der Waals surface area (Å²) in [6.07, 6.45) is 1.70. The molecule has 0 aliphatic carbocycles. The van der Waals surface area contributed by atoms with Crippen LogP contribution < -0.4 is 5.32 Å². The van der Waals surface area contributed by atoms with Crippen molar-refractivity contribution in [3.05, 3.63) is 35.1 Å². The largest absolute Gasteiger partial charge is 0.347 e. The van der Waals surface area contributed by atoms with Gasteiger partial charge in [0, 0.05) is 6.54 Å². The molecule has 1 aliphatic heterocycles. The van der Waals surface area contributed by atoms with Crippen molar-refractivity contribution in [1.29, 1.82) is 0 Å². The molecule has 0 aromatic heterocycles. The van der Waals surface area contributed by atoms with Gasteiger partial charge in [-0.05, 0) is 11.0 Å². The van der Waals surface area contributed by atoms with Crippen LogP contribution in [0.25, 0.3) is 0 Å². The predicted octanol–water partition coefficient (Wildman–Crippen LogP) is 1.43. The topological polar surface area (TPSA) is 29.1 Å². The molecule has 3 heteroatoms. The molecule has 0 bridgehead atoms. The van der Waals surface area contributed by atoms with Crippen LogP contribution in [0.2, 0.25) is 0 Å². The van der Waals surface area contributed by atoms with Crippen molar-refractivity contribution in [3.63, 3.8) is 0 Å². The van der Waals surface area contributed by atoms with Crippen LogP contribution in [0.4, 0.5) is 0 Å². The predicted molar refractivity (Wildman–Crippen MR) is 48.0 cm³/mol. The zero-order valence-electron chi connectivity index (χ0n) is 6.09. The van der Waals surface area contributed by atoms with Crippen LogP contribution in [0.15, 0.2) is 35.1 Å². The van der Waals surface area contributed by atoms with Crippen molar-refractivity contribution < 1.29 is 4.79 Å². The molecule has 0 saturated heterocycles. The minimum atomic E-state index is -0.0233.